The molecule has 0 atom stereocenters. The number of rotatable bonds is 2. The second-order valence-electron chi connectivity index (χ2n) is 4.86. The van der Waals surface area contributed by atoms with Crippen molar-refractivity contribution >= 4 is 40.0 Å². The van der Waals surface area contributed by atoms with Crippen LogP contribution in [0.1, 0.15) is 0 Å². The molecule has 2 amide bonds. The van der Waals surface area contributed by atoms with Gasteiger partial charge in [0.2, 0.25) is 0 Å². The Morgan fingerprint density at radius 1 is 1.00 bits per heavy atom. The Hall–Kier alpha value is -3.06. The highest BCUT2D eigenvalue weighted by Gasteiger charge is 2.11. The summed E-state index contributed by atoms with van der Waals surface area (Å²) in [7, 11) is 0. The van der Waals surface area contributed by atoms with Crippen LogP contribution in [0.5, 0.6) is 17.2 Å². The first kappa shape index (κ1) is 14.9. The minimum Gasteiger partial charge on any atom is -0.504 e. The molecular formula is C15H12ClN3O4. The van der Waals surface area contributed by atoms with Gasteiger partial charge in [-0.15, -0.1) is 0 Å². The number of nitrogens with one attached hydrogen (secondary N) is 3. The van der Waals surface area contributed by atoms with Crippen molar-refractivity contribution in [3.8, 4) is 17.2 Å². The zero-order chi connectivity index (χ0) is 16.6. The number of fused-ring (bicyclic) bond motifs is 1. The van der Waals surface area contributed by atoms with E-state index in [9.17, 15) is 20.1 Å². The molecule has 0 spiro atoms. The lowest BCUT2D eigenvalue weighted by Crippen LogP contribution is -2.19. The van der Waals surface area contributed by atoms with Gasteiger partial charge in [-0.05, 0) is 24.3 Å². The Morgan fingerprint density at radius 3 is 2.39 bits per heavy atom. The van der Waals surface area contributed by atoms with E-state index in [2.05, 4.69) is 15.6 Å². The normalized spacial score (nSPS) is 10.7. The number of halogens is 1. The number of anilines is 2. The third-order valence-corrected chi connectivity index (χ3v) is 3.39. The second-order valence-corrected chi connectivity index (χ2v) is 5.29. The molecule has 0 fully saturated rings. The minimum absolute atomic E-state index is 0.120. The lowest BCUT2D eigenvalue weighted by Gasteiger charge is -2.08. The molecule has 0 bridgehead atoms. The molecule has 1 heterocycles. The Balaban J connectivity index is 1.75. The topological polar surface area (TPSA) is 118 Å². The first-order chi connectivity index (χ1) is 10.9. The summed E-state index contributed by atoms with van der Waals surface area (Å²) in [5, 5.41) is 34.5. The first-order valence-electron chi connectivity index (χ1n) is 6.53. The van der Waals surface area contributed by atoms with Crippen molar-refractivity contribution in [2.24, 2.45) is 0 Å². The Kier molecular flexibility index (Phi) is 3.63. The van der Waals surface area contributed by atoms with Crippen LogP contribution in [0.15, 0.2) is 36.4 Å². The number of aromatic hydroxyl groups is 3. The number of aromatic nitrogens is 1. The Morgan fingerprint density at radius 2 is 1.70 bits per heavy atom. The van der Waals surface area contributed by atoms with E-state index in [0.29, 0.717) is 10.8 Å². The summed E-state index contributed by atoms with van der Waals surface area (Å²) in [5.41, 5.74) is 0.930. The molecule has 3 rings (SSSR count). The number of carbonyl (C=O) groups excluding carboxylic acids is 1. The van der Waals surface area contributed by atoms with Gasteiger partial charge in [-0.3, -0.25) is 5.32 Å². The number of carbonyl (C=O) groups is 1. The van der Waals surface area contributed by atoms with Crippen molar-refractivity contribution in [1.82, 2.24) is 4.98 Å². The van der Waals surface area contributed by atoms with E-state index >= 15 is 0 Å². The van der Waals surface area contributed by atoms with E-state index < -0.39 is 23.3 Å². The van der Waals surface area contributed by atoms with Gasteiger partial charge in [-0.1, -0.05) is 11.6 Å². The SMILES string of the molecule is O=C(Nc1cc(O)c(O)c(O)c1)Nc1cc2cc(Cl)ccc2[nH]1. The third kappa shape index (κ3) is 3.09. The van der Waals surface area contributed by atoms with Gasteiger partial charge in [0, 0.05) is 28.1 Å². The first-order valence-corrected chi connectivity index (χ1v) is 6.91. The van der Waals surface area contributed by atoms with Crippen molar-refractivity contribution in [3.05, 3.63) is 41.4 Å². The molecule has 0 aliphatic rings. The molecule has 0 aliphatic heterocycles. The number of benzene rings is 2. The standard InChI is InChI=1S/C15H12ClN3O4/c16-8-1-2-10-7(3-8)4-13(18-10)19-15(23)17-9-5-11(20)14(22)12(21)6-9/h1-6,18,20-22H,(H2,17,19,23). The van der Waals surface area contributed by atoms with E-state index in [4.69, 9.17) is 11.6 Å². The number of phenols is 3. The lowest BCUT2D eigenvalue weighted by atomic mass is 10.2. The summed E-state index contributed by atoms with van der Waals surface area (Å²) in [5.74, 6) is -1.28. The molecule has 0 aliphatic carbocycles. The maximum absolute atomic E-state index is 11.9. The smallest absolute Gasteiger partial charge is 0.324 e. The number of urea groups is 1. The molecule has 8 heteroatoms. The predicted molar refractivity (Wildman–Crippen MR) is 87.4 cm³/mol. The van der Waals surface area contributed by atoms with E-state index in [1.165, 1.54) is 0 Å². The van der Waals surface area contributed by atoms with Crippen LogP contribution in [0.3, 0.4) is 0 Å². The summed E-state index contributed by atoms with van der Waals surface area (Å²) in [4.78, 5) is 14.9. The quantitative estimate of drug-likeness (QED) is 0.317. The van der Waals surface area contributed by atoms with Crippen molar-refractivity contribution in [3.63, 3.8) is 0 Å². The summed E-state index contributed by atoms with van der Waals surface area (Å²) in [6.07, 6.45) is 0. The highest BCUT2D eigenvalue weighted by Crippen LogP contribution is 2.37. The zero-order valence-electron chi connectivity index (χ0n) is 11.6. The Bertz CT molecular complexity index is 884. The summed E-state index contributed by atoms with van der Waals surface area (Å²) < 4.78 is 0. The predicted octanol–water partition coefficient (Wildman–Crippen LogP) is 3.58. The molecular weight excluding hydrogens is 322 g/mol. The Labute approximate surface area is 135 Å². The van der Waals surface area contributed by atoms with Crippen molar-refractivity contribution in [2.45, 2.75) is 0 Å². The van der Waals surface area contributed by atoms with Crippen LogP contribution < -0.4 is 10.6 Å². The molecule has 118 valence electrons. The zero-order valence-corrected chi connectivity index (χ0v) is 12.3. The average Bonchev–Trinajstić information content (AvgIpc) is 2.85. The van der Waals surface area contributed by atoms with Gasteiger partial charge >= 0.3 is 6.03 Å². The summed E-state index contributed by atoms with van der Waals surface area (Å²) in [6, 6.07) is 8.62. The van der Waals surface area contributed by atoms with Gasteiger partial charge < -0.3 is 25.6 Å². The van der Waals surface area contributed by atoms with Crippen LogP contribution in [-0.2, 0) is 0 Å². The summed E-state index contributed by atoms with van der Waals surface area (Å²) in [6.45, 7) is 0. The molecule has 3 aromatic rings. The molecule has 6 N–H and O–H groups in total. The number of hydrogen-bond acceptors (Lipinski definition) is 4. The van der Waals surface area contributed by atoms with Crippen LogP contribution in [0.25, 0.3) is 10.9 Å². The highest BCUT2D eigenvalue weighted by atomic mass is 35.5. The fraction of sp³-hybridized carbons (Fsp3) is 0. The fourth-order valence-corrected chi connectivity index (χ4v) is 2.31. The van der Waals surface area contributed by atoms with Crippen molar-refractivity contribution < 1.29 is 20.1 Å². The monoisotopic (exact) mass is 333 g/mol. The van der Waals surface area contributed by atoms with Crippen LogP contribution in [0, 0.1) is 0 Å². The van der Waals surface area contributed by atoms with Crippen LogP contribution in [-0.4, -0.2) is 26.3 Å². The molecule has 7 nitrogen and oxygen atoms in total. The van der Waals surface area contributed by atoms with E-state index in [1.807, 2.05) is 0 Å². The molecule has 1 aromatic heterocycles. The number of hydrogen-bond donors (Lipinski definition) is 6. The second kappa shape index (κ2) is 5.62. The molecule has 0 saturated heterocycles. The van der Waals surface area contributed by atoms with Crippen LogP contribution >= 0.6 is 11.6 Å². The average molecular weight is 334 g/mol. The van der Waals surface area contributed by atoms with Crippen molar-refractivity contribution in [1.29, 1.82) is 0 Å². The number of aromatic amines is 1. The molecule has 0 unspecified atom stereocenters. The van der Waals surface area contributed by atoms with Gasteiger partial charge in [-0.25, -0.2) is 4.79 Å². The maximum Gasteiger partial charge on any atom is 0.324 e. The van der Waals surface area contributed by atoms with Gasteiger partial charge in [-0.2, -0.15) is 0 Å². The molecule has 23 heavy (non-hydrogen) atoms. The number of amides is 2. The van der Waals surface area contributed by atoms with Gasteiger partial charge in [0.25, 0.3) is 0 Å². The lowest BCUT2D eigenvalue weighted by molar-refractivity contribution is 0.262. The maximum atomic E-state index is 11.9. The molecule has 0 radical (unpaired) electrons. The summed E-state index contributed by atoms with van der Waals surface area (Å²) >= 11 is 5.90. The highest BCUT2D eigenvalue weighted by molar-refractivity contribution is 6.31. The van der Waals surface area contributed by atoms with Gasteiger partial charge in [0.1, 0.15) is 5.82 Å². The van der Waals surface area contributed by atoms with Crippen molar-refractivity contribution in [2.75, 3.05) is 10.6 Å². The molecule has 2 aromatic carbocycles. The number of H-pyrrole nitrogens is 1. The minimum atomic E-state index is -0.650. The fourth-order valence-electron chi connectivity index (χ4n) is 2.13. The number of phenolic OH excluding ortho intramolecular Hbond substituents is 3. The van der Waals surface area contributed by atoms with E-state index in [1.54, 1.807) is 24.3 Å². The third-order valence-electron chi connectivity index (χ3n) is 3.16. The van der Waals surface area contributed by atoms with E-state index in [-0.39, 0.29) is 5.69 Å². The van der Waals surface area contributed by atoms with Gasteiger partial charge in [0.15, 0.2) is 17.2 Å². The van der Waals surface area contributed by atoms with Crippen LogP contribution in [0.2, 0.25) is 5.02 Å². The van der Waals surface area contributed by atoms with Gasteiger partial charge in [0.05, 0.1) is 5.69 Å². The largest absolute Gasteiger partial charge is 0.504 e. The van der Waals surface area contributed by atoms with Crippen LogP contribution in [0.4, 0.5) is 16.3 Å². The molecule has 0 saturated carbocycles. The van der Waals surface area contributed by atoms with E-state index in [0.717, 1.165) is 23.0 Å².